The van der Waals surface area contributed by atoms with Crippen LogP contribution >= 0.6 is 23.2 Å². The molecule has 0 fully saturated rings. The first kappa shape index (κ1) is 14.3. The molecule has 3 N–H and O–H groups in total. The van der Waals surface area contributed by atoms with Crippen LogP contribution in [0.4, 0.5) is 4.39 Å². The van der Waals surface area contributed by atoms with Crippen LogP contribution in [0.2, 0.25) is 10.0 Å². The molecule has 2 rings (SSSR count). The molecule has 0 aliphatic carbocycles. The van der Waals surface area contributed by atoms with E-state index in [1.165, 1.54) is 12.1 Å². The number of benzene rings is 2. The zero-order chi connectivity index (χ0) is 13.8. The first-order chi connectivity index (χ1) is 9.11. The molecule has 0 amide bonds. The zero-order valence-corrected chi connectivity index (χ0v) is 11.5. The van der Waals surface area contributed by atoms with Gasteiger partial charge in [0.2, 0.25) is 0 Å². The Hall–Kier alpha value is -1.13. The summed E-state index contributed by atoms with van der Waals surface area (Å²) >= 11 is 12.2. The molecule has 0 aliphatic heterocycles. The molecule has 1 atom stereocenters. The normalized spacial score (nSPS) is 12.4. The summed E-state index contributed by atoms with van der Waals surface area (Å²) < 4.78 is 12.9. The molecule has 0 spiro atoms. The van der Waals surface area contributed by atoms with Crippen molar-refractivity contribution >= 4 is 23.2 Å². The van der Waals surface area contributed by atoms with Gasteiger partial charge in [0.05, 0.1) is 16.1 Å². The average molecular weight is 299 g/mol. The molecule has 0 heterocycles. The molecule has 0 saturated carbocycles. The smallest absolute Gasteiger partial charge is 0.123 e. The van der Waals surface area contributed by atoms with Crippen molar-refractivity contribution < 1.29 is 4.39 Å². The molecule has 0 aliphatic rings. The highest BCUT2D eigenvalue weighted by Crippen LogP contribution is 2.31. The maximum atomic E-state index is 12.9. The van der Waals surface area contributed by atoms with Crippen molar-refractivity contribution in [2.45, 2.75) is 12.5 Å². The Kier molecular flexibility index (Phi) is 4.77. The fraction of sp³-hybridized carbons (Fsp3) is 0.143. The van der Waals surface area contributed by atoms with Crippen LogP contribution in [0.25, 0.3) is 0 Å². The van der Waals surface area contributed by atoms with E-state index in [2.05, 4.69) is 5.43 Å². The SMILES string of the molecule is NNC(Cc1ccc(F)cc1)c1cccc(Cl)c1Cl. The summed E-state index contributed by atoms with van der Waals surface area (Å²) in [7, 11) is 0. The molecule has 100 valence electrons. The van der Waals surface area contributed by atoms with Gasteiger partial charge in [0, 0.05) is 0 Å². The fourth-order valence-electron chi connectivity index (χ4n) is 1.90. The molecule has 5 heteroatoms. The van der Waals surface area contributed by atoms with Gasteiger partial charge in [-0.25, -0.2) is 4.39 Å². The third kappa shape index (κ3) is 3.45. The second-order valence-corrected chi connectivity index (χ2v) is 4.98. The van der Waals surface area contributed by atoms with E-state index in [9.17, 15) is 4.39 Å². The minimum Gasteiger partial charge on any atom is -0.271 e. The maximum Gasteiger partial charge on any atom is 0.123 e. The van der Waals surface area contributed by atoms with E-state index in [0.29, 0.717) is 16.5 Å². The Morgan fingerprint density at radius 1 is 1.11 bits per heavy atom. The van der Waals surface area contributed by atoms with Crippen molar-refractivity contribution in [3.8, 4) is 0 Å². The van der Waals surface area contributed by atoms with E-state index in [1.807, 2.05) is 12.1 Å². The third-order valence-electron chi connectivity index (χ3n) is 2.91. The summed E-state index contributed by atoms with van der Waals surface area (Å²) in [5.41, 5.74) is 4.49. The second-order valence-electron chi connectivity index (χ2n) is 4.19. The number of nitrogens with two attached hydrogens (primary N) is 1. The topological polar surface area (TPSA) is 38.0 Å². The van der Waals surface area contributed by atoms with E-state index < -0.39 is 0 Å². The van der Waals surface area contributed by atoms with Gasteiger partial charge in [0.1, 0.15) is 5.82 Å². The molecule has 2 aromatic rings. The number of hydrogen-bond donors (Lipinski definition) is 2. The van der Waals surface area contributed by atoms with Gasteiger partial charge in [-0.15, -0.1) is 0 Å². The van der Waals surface area contributed by atoms with Gasteiger partial charge in [-0.3, -0.25) is 11.3 Å². The lowest BCUT2D eigenvalue weighted by atomic mass is 9.99. The van der Waals surface area contributed by atoms with Crippen molar-refractivity contribution in [3.05, 3.63) is 69.5 Å². The predicted octanol–water partition coefficient (Wildman–Crippen LogP) is 3.88. The molecular formula is C14H13Cl2FN2. The summed E-state index contributed by atoms with van der Waals surface area (Å²) in [6.07, 6.45) is 0.594. The molecule has 19 heavy (non-hydrogen) atoms. The van der Waals surface area contributed by atoms with Crippen molar-refractivity contribution in [1.82, 2.24) is 5.43 Å². The summed E-state index contributed by atoms with van der Waals surface area (Å²) in [5, 5.41) is 0.966. The molecule has 1 unspecified atom stereocenters. The molecular weight excluding hydrogens is 286 g/mol. The summed E-state index contributed by atoms with van der Waals surface area (Å²) in [4.78, 5) is 0. The lowest BCUT2D eigenvalue weighted by Gasteiger charge is -2.18. The van der Waals surface area contributed by atoms with Gasteiger partial charge in [0.25, 0.3) is 0 Å². The summed E-state index contributed by atoms with van der Waals surface area (Å²) in [6, 6.07) is 11.5. The molecule has 2 nitrogen and oxygen atoms in total. The Labute approximate surface area is 121 Å². The minimum atomic E-state index is -0.262. The standard InChI is InChI=1S/C14H13Cl2FN2/c15-12-3-1-2-11(14(12)16)13(19-18)8-9-4-6-10(17)7-5-9/h1-7,13,19H,8,18H2. The Bertz CT molecular complexity index is 558. The van der Waals surface area contributed by atoms with Crippen molar-refractivity contribution in [1.29, 1.82) is 0 Å². The molecule has 0 radical (unpaired) electrons. The first-order valence-electron chi connectivity index (χ1n) is 5.76. The van der Waals surface area contributed by atoms with Crippen LogP contribution in [0.15, 0.2) is 42.5 Å². The average Bonchev–Trinajstić information content (AvgIpc) is 2.42. The highest BCUT2D eigenvalue weighted by Gasteiger charge is 2.15. The highest BCUT2D eigenvalue weighted by molar-refractivity contribution is 6.42. The van der Waals surface area contributed by atoms with Gasteiger partial charge < -0.3 is 0 Å². The number of hydrazine groups is 1. The van der Waals surface area contributed by atoms with Crippen LogP contribution in [-0.2, 0) is 6.42 Å². The Morgan fingerprint density at radius 3 is 2.42 bits per heavy atom. The van der Waals surface area contributed by atoms with Gasteiger partial charge in [-0.1, -0.05) is 47.5 Å². The first-order valence-corrected chi connectivity index (χ1v) is 6.52. The van der Waals surface area contributed by atoms with Crippen LogP contribution in [-0.4, -0.2) is 0 Å². The molecule has 0 bridgehead atoms. The van der Waals surface area contributed by atoms with E-state index in [-0.39, 0.29) is 11.9 Å². The van der Waals surface area contributed by atoms with Crippen LogP contribution in [0.1, 0.15) is 17.2 Å². The number of rotatable bonds is 4. The highest BCUT2D eigenvalue weighted by atomic mass is 35.5. The lowest BCUT2D eigenvalue weighted by molar-refractivity contribution is 0.551. The molecule has 2 aromatic carbocycles. The second kappa shape index (κ2) is 6.35. The van der Waals surface area contributed by atoms with E-state index in [0.717, 1.165) is 11.1 Å². The number of nitrogens with one attached hydrogen (secondary N) is 1. The van der Waals surface area contributed by atoms with Gasteiger partial charge in [-0.05, 0) is 35.7 Å². The van der Waals surface area contributed by atoms with Crippen LogP contribution in [0, 0.1) is 5.82 Å². The van der Waals surface area contributed by atoms with Crippen LogP contribution in [0.3, 0.4) is 0 Å². The van der Waals surface area contributed by atoms with Crippen LogP contribution in [0.5, 0.6) is 0 Å². The van der Waals surface area contributed by atoms with Gasteiger partial charge in [-0.2, -0.15) is 0 Å². The minimum absolute atomic E-state index is 0.184. The Balaban J connectivity index is 2.25. The van der Waals surface area contributed by atoms with Crippen LogP contribution < -0.4 is 11.3 Å². The lowest BCUT2D eigenvalue weighted by Crippen LogP contribution is -2.29. The third-order valence-corrected chi connectivity index (χ3v) is 3.74. The monoisotopic (exact) mass is 298 g/mol. The molecule has 0 aromatic heterocycles. The Morgan fingerprint density at radius 2 is 1.79 bits per heavy atom. The summed E-state index contributed by atoms with van der Waals surface area (Å²) in [6.45, 7) is 0. The quantitative estimate of drug-likeness (QED) is 0.664. The van der Waals surface area contributed by atoms with E-state index in [1.54, 1.807) is 18.2 Å². The molecule has 0 saturated heterocycles. The largest absolute Gasteiger partial charge is 0.271 e. The predicted molar refractivity (Wildman–Crippen MR) is 76.6 cm³/mol. The maximum absolute atomic E-state index is 12.9. The van der Waals surface area contributed by atoms with E-state index in [4.69, 9.17) is 29.0 Å². The zero-order valence-electron chi connectivity index (χ0n) is 10.0. The summed E-state index contributed by atoms with van der Waals surface area (Å²) in [5.74, 6) is 5.31. The van der Waals surface area contributed by atoms with Crippen molar-refractivity contribution in [2.75, 3.05) is 0 Å². The van der Waals surface area contributed by atoms with Crippen molar-refractivity contribution in [3.63, 3.8) is 0 Å². The van der Waals surface area contributed by atoms with E-state index >= 15 is 0 Å². The number of hydrogen-bond acceptors (Lipinski definition) is 2. The van der Waals surface area contributed by atoms with Gasteiger partial charge in [0.15, 0.2) is 0 Å². The fourth-order valence-corrected chi connectivity index (χ4v) is 2.34. The van der Waals surface area contributed by atoms with Gasteiger partial charge >= 0.3 is 0 Å². The number of halogens is 3. The van der Waals surface area contributed by atoms with Crippen molar-refractivity contribution in [2.24, 2.45) is 5.84 Å².